The second-order valence-corrected chi connectivity index (χ2v) is 9.69. The van der Waals surface area contributed by atoms with Crippen LogP contribution in [0.3, 0.4) is 0 Å². The fourth-order valence-electron chi connectivity index (χ4n) is 4.90. The topological polar surface area (TPSA) is 105 Å². The molecule has 2 aliphatic rings. The summed E-state index contributed by atoms with van der Waals surface area (Å²) in [5.41, 5.74) is 3.93. The van der Waals surface area contributed by atoms with Gasteiger partial charge in [0.2, 0.25) is 5.91 Å². The Morgan fingerprint density at radius 1 is 1.06 bits per heavy atom. The molecule has 2 amide bonds. The van der Waals surface area contributed by atoms with Crippen molar-refractivity contribution in [3.05, 3.63) is 59.7 Å². The number of rotatable bonds is 10. The monoisotopic (exact) mass is 464 g/mol. The average Bonchev–Trinajstić information content (AvgIpc) is 3.61. The molecule has 4 rings (SSSR count). The van der Waals surface area contributed by atoms with Crippen molar-refractivity contribution >= 4 is 18.0 Å². The average molecular weight is 465 g/mol. The zero-order chi connectivity index (χ0) is 24.3. The van der Waals surface area contributed by atoms with Crippen molar-refractivity contribution in [2.45, 2.75) is 51.0 Å². The Morgan fingerprint density at radius 2 is 1.65 bits per heavy atom. The molecule has 3 N–H and O–H groups in total. The van der Waals surface area contributed by atoms with Crippen molar-refractivity contribution in [1.29, 1.82) is 0 Å². The lowest BCUT2D eigenvalue weighted by Crippen LogP contribution is -2.51. The van der Waals surface area contributed by atoms with Gasteiger partial charge in [0, 0.05) is 18.4 Å². The van der Waals surface area contributed by atoms with E-state index in [1.807, 2.05) is 24.3 Å². The molecule has 0 saturated heterocycles. The molecule has 2 aromatic carbocycles. The largest absolute Gasteiger partial charge is 0.481 e. The predicted octanol–water partition coefficient (Wildman–Crippen LogP) is 4.31. The van der Waals surface area contributed by atoms with E-state index in [2.05, 4.69) is 34.9 Å². The zero-order valence-corrected chi connectivity index (χ0v) is 19.7. The lowest BCUT2D eigenvalue weighted by Gasteiger charge is -2.31. The van der Waals surface area contributed by atoms with Crippen molar-refractivity contribution < 1.29 is 24.2 Å². The SMILES string of the molecule is CC(CCNC(=O)OCC1c2ccccc2-c2ccccc21)C(=O)NC(C)(CC(=O)O)C1CC1. The molecule has 0 aliphatic heterocycles. The third-order valence-corrected chi connectivity index (χ3v) is 7.04. The quantitative estimate of drug-likeness (QED) is 0.486. The molecular weight excluding hydrogens is 432 g/mol. The summed E-state index contributed by atoms with van der Waals surface area (Å²) in [5, 5.41) is 14.9. The number of nitrogens with one attached hydrogen (secondary N) is 2. The molecule has 2 atom stereocenters. The smallest absolute Gasteiger partial charge is 0.407 e. The van der Waals surface area contributed by atoms with Crippen LogP contribution in [0.25, 0.3) is 11.1 Å². The highest BCUT2D eigenvalue weighted by Crippen LogP contribution is 2.44. The highest BCUT2D eigenvalue weighted by Gasteiger charge is 2.44. The molecule has 7 nitrogen and oxygen atoms in total. The molecule has 2 unspecified atom stereocenters. The number of carbonyl (C=O) groups excluding carboxylic acids is 2. The third-order valence-electron chi connectivity index (χ3n) is 7.04. The van der Waals surface area contributed by atoms with E-state index in [-0.39, 0.29) is 36.7 Å². The minimum absolute atomic E-state index is 0.00260. The number of fused-ring (bicyclic) bond motifs is 3. The Hall–Kier alpha value is -3.35. The minimum atomic E-state index is -0.917. The van der Waals surface area contributed by atoms with Gasteiger partial charge in [0.15, 0.2) is 0 Å². The van der Waals surface area contributed by atoms with Gasteiger partial charge in [-0.15, -0.1) is 0 Å². The number of benzene rings is 2. The number of hydrogen-bond acceptors (Lipinski definition) is 4. The molecule has 7 heteroatoms. The van der Waals surface area contributed by atoms with Crippen LogP contribution in [-0.2, 0) is 14.3 Å². The molecule has 34 heavy (non-hydrogen) atoms. The number of ether oxygens (including phenoxy) is 1. The van der Waals surface area contributed by atoms with E-state index in [1.165, 1.54) is 11.1 Å². The van der Waals surface area contributed by atoms with E-state index in [4.69, 9.17) is 4.74 Å². The Morgan fingerprint density at radius 3 is 2.21 bits per heavy atom. The standard InChI is InChI=1S/C27H32N2O5/c1-17(25(32)29-27(2,15-24(30)31)18-11-12-18)13-14-28-26(33)34-16-23-21-9-5-3-7-19(21)20-8-4-6-10-22(20)23/h3-10,17-18,23H,11-16H2,1-2H3,(H,28,33)(H,29,32)(H,30,31). The van der Waals surface area contributed by atoms with Gasteiger partial charge in [-0.2, -0.15) is 0 Å². The van der Waals surface area contributed by atoms with Crippen molar-refractivity contribution in [1.82, 2.24) is 10.6 Å². The summed E-state index contributed by atoms with van der Waals surface area (Å²) in [6.07, 6.45) is 1.70. The van der Waals surface area contributed by atoms with Gasteiger partial charge in [-0.05, 0) is 54.4 Å². The molecule has 0 aromatic heterocycles. The van der Waals surface area contributed by atoms with E-state index in [1.54, 1.807) is 13.8 Å². The molecule has 0 spiro atoms. The first kappa shape index (κ1) is 23.8. The van der Waals surface area contributed by atoms with Crippen LogP contribution in [-0.4, -0.2) is 41.8 Å². The maximum absolute atomic E-state index is 12.6. The number of hydrogen-bond donors (Lipinski definition) is 3. The van der Waals surface area contributed by atoms with E-state index in [0.717, 1.165) is 24.0 Å². The van der Waals surface area contributed by atoms with Gasteiger partial charge in [0.1, 0.15) is 6.61 Å². The van der Waals surface area contributed by atoms with Gasteiger partial charge in [-0.25, -0.2) is 4.79 Å². The van der Waals surface area contributed by atoms with E-state index < -0.39 is 17.6 Å². The zero-order valence-electron chi connectivity index (χ0n) is 19.7. The molecule has 1 fully saturated rings. The van der Waals surface area contributed by atoms with Gasteiger partial charge in [-0.1, -0.05) is 55.5 Å². The maximum atomic E-state index is 12.6. The van der Waals surface area contributed by atoms with E-state index in [0.29, 0.717) is 13.0 Å². The second-order valence-electron chi connectivity index (χ2n) is 9.69. The predicted molar refractivity (Wildman–Crippen MR) is 128 cm³/mol. The first-order chi connectivity index (χ1) is 16.3. The lowest BCUT2D eigenvalue weighted by atomic mass is 9.90. The molecule has 2 aliphatic carbocycles. The second kappa shape index (κ2) is 9.87. The molecular formula is C27H32N2O5. The Kier molecular flexibility index (Phi) is 6.91. The minimum Gasteiger partial charge on any atom is -0.481 e. The Bertz CT molecular complexity index is 1030. The van der Waals surface area contributed by atoms with Crippen molar-refractivity contribution in [2.24, 2.45) is 11.8 Å². The van der Waals surface area contributed by atoms with Crippen LogP contribution in [0.1, 0.15) is 56.6 Å². The van der Waals surface area contributed by atoms with Crippen LogP contribution in [0.15, 0.2) is 48.5 Å². The lowest BCUT2D eigenvalue weighted by molar-refractivity contribution is -0.139. The van der Waals surface area contributed by atoms with Crippen LogP contribution >= 0.6 is 0 Å². The highest BCUT2D eigenvalue weighted by atomic mass is 16.5. The molecule has 0 radical (unpaired) electrons. The van der Waals surface area contributed by atoms with Gasteiger partial charge < -0.3 is 20.5 Å². The molecule has 0 heterocycles. The number of aliphatic carboxylic acids is 1. The number of carboxylic acids is 1. The van der Waals surface area contributed by atoms with Crippen LogP contribution in [0.5, 0.6) is 0 Å². The van der Waals surface area contributed by atoms with Gasteiger partial charge in [-0.3, -0.25) is 9.59 Å². The van der Waals surface area contributed by atoms with E-state index >= 15 is 0 Å². The van der Waals surface area contributed by atoms with Crippen molar-refractivity contribution in [2.75, 3.05) is 13.2 Å². The number of amides is 2. The number of carbonyl (C=O) groups is 3. The third kappa shape index (κ3) is 5.24. The van der Waals surface area contributed by atoms with Gasteiger partial charge in [0.05, 0.1) is 12.0 Å². The van der Waals surface area contributed by atoms with Crippen LogP contribution in [0.2, 0.25) is 0 Å². The molecule has 2 aromatic rings. The maximum Gasteiger partial charge on any atom is 0.407 e. The normalized spacial score (nSPS) is 17.1. The summed E-state index contributed by atoms with van der Waals surface area (Å²) >= 11 is 0. The highest BCUT2D eigenvalue weighted by molar-refractivity contribution is 5.81. The summed E-state index contributed by atoms with van der Waals surface area (Å²) in [6.45, 7) is 4.12. The van der Waals surface area contributed by atoms with E-state index in [9.17, 15) is 19.5 Å². The molecule has 1 saturated carbocycles. The fraction of sp³-hybridized carbons (Fsp3) is 0.444. The van der Waals surface area contributed by atoms with Gasteiger partial charge >= 0.3 is 12.1 Å². The first-order valence-corrected chi connectivity index (χ1v) is 11.9. The summed E-state index contributed by atoms with van der Waals surface area (Å²) in [6, 6.07) is 16.3. The van der Waals surface area contributed by atoms with Crippen molar-refractivity contribution in [3.63, 3.8) is 0 Å². The first-order valence-electron chi connectivity index (χ1n) is 11.9. The number of carboxylic acid groups (broad SMARTS) is 1. The summed E-state index contributed by atoms with van der Waals surface area (Å²) in [4.78, 5) is 36.2. The van der Waals surface area contributed by atoms with Crippen LogP contribution in [0, 0.1) is 11.8 Å². The van der Waals surface area contributed by atoms with Crippen LogP contribution < -0.4 is 10.6 Å². The van der Waals surface area contributed by atoms with Gasteiger partial charge in [0.25, 0.3) is 0 Å². The van der Waals surface area contributed by atoms with Crippen LogP contribution in [0.4, 0.5) is 4.79 Å². The number of alkyl carbamates (subject to hydrolysis) is 1. The van der Waals surface area contributed by atoms with Crippen molar-refractivity contribution in [3.8, 4) is 11.1 Å². The summed E-state index contributed by atoms with van der Waals surface area (Å²) in [5.74, 6) is -1.26. The fourth-order valence-corrected chi connectivity index (χ4v) is 4.90. The molecule has 180 valence electrons. The summed E-state index contributed by atoms with van der Waals surface area (Å²) in [7, 11) is 0. The Labute approximate surface area is 199 Å². The molecule has 0 bridgehead atoms. The Balaban J connectivity index is 1.24. The summed E-state index contributed by atoms with van der Waals surface area (Å²) < 4.78 is 5.53.